The highest BCUT2D eigenvalue weighted by Crippen LogP contribution is 2.25. The van der Waals surface area contributed by atoms with Gasteiger partial charge in [0, 0.05) is 31.0 Å². The van der Waals surface area contributed by atoms with Crippen LogP contribution >= 0.6 is 0 Å². The lowest BCUT2D eigenvalue weighted by molar-refractivity contribution is 0.203. The molecule has 0 saturated carbocycles. The Hall–Kier alpha value is -2.20. The zero-order valence-corrected chi connectivity index (χ0v) is 9.99. The molecule has 2 heterocycles. The molecule has 0 bridgehead atoms. The number of rotatable bonds is 2. The van der Waals surface area contributed by atoms with Gasteiger partial charge in [0.15, 0.2) is 6.10 Å². The maximum Gasteiger partial charge on any atom is 0.154 e. The van der Waals surface area contributed by atoms with Gasteiger partial charge in [-0.15, -0.1) is 0 Å². The third kappa shape index (κ3) is 1.67. The lowest BCUT2D eigenvalue weighted by Gasteiger charge is -2.12. The molecule has 0 radical (unpaired) electrons. The van der Waals surface area contributed by atoms with Crippen molar-refractivity contribution in [3.8, 4) is 0 Å². The first-order valence-electron chi connectivity index (χ1n) is 5.76. The Morgan fingerprint density at radius 1 is 1.11 bits per heavy atom. The zero-order valence-electron chi connectivity index (χ0n) is 9.99. The lowest BCUT2D eigenvalue weighted by Crippen LogP contribution is -2.09. The van der Waals surface area contributed by atoms with Gasteiger partial charge < -0.3 is 9.67 Å². The average molecular weight is 239 g/mol. The summed E-state index contributed by atoms with van der Waals surface area (Å²) in [7, 11) is 1.86. The highest BCUT2D eigenvalue weighted by Gasteiger charge is 2.18. The Kier molecular flexibility index (Phi) is 2.57. The van der Waals surface area contributed by atoms with Crippen molar-refractivity contribution in [2.45, 2.75) is 6.10 Å². The third-order valence-corrected chi connectivity index (χ3v) is 3.07. The second-order valence-corrected chi connectivity index (χ2v) is 4.22. The molecule has 1 aromatic carbocycles. The van der Waals surface area contributed by atoms with Gasteiger partial charge in [0.25, 0.3) is 0 Å². The molecule has 1 atom stereocenters. The molecule has 4 nitrogen and oxygen atoms in total. The van der Waals surface area contributed by atoms with Crippen molar-refractivity contribution in [3.05, 3.63) is 60.4 Å². The van der Waals surface area contributed by atoms with Crippen LogP contribution in [0.15, 0.2) is 48.9 Å². The minimum absolute atomic E-state index is 0.596. The maximum atomic E-state index is 10.4. The first kappa shape index (κ1) is 10.9. The summed E-state index contributed by atoms with van der Waals surface area (Å²) in [5.74, 6) is 0.596. The largest absolute Gasteiger partial charge is 0.379 e. The Labute approximate surface area is 105 Å². The maximum absolute atomic E-state index is 10.4. The van der Waals surface area contributed by atoms with E-state index in [9.17, 15) is 5.11 Å². The first-order chi connectivity index (χ1) is 8.77. The van der Waals surface area contributed by atoms with Crippen LogP contribution in [-0.4, -0.2) is 19.6 Å². The van der Waals surface area contributed by atoms with Crippen LogP contribution in [0.4, 0.5) is 0 Å². The van der Waals surface area contributed by atoms with Crippen LogP contribution in [0.2, 0.25) is 0 Å². The van der Waals surface area contributed by atoms with E-state index in [-0.39, 0.29) is 0 Å². The van der Waals surface area contributed by atoms with Crippen LogP contribution in [0.5, 0.6) is 0 Å². The van der Waals surface area contributed by atoms with E-state index >= 15 is 0 Å². The molecule has 3 rings (SSSR count). The summed E-state index contributed by atoms with van der Waals surface area (Å²) >= 11 is 0. The number of hydrogen-bond acceptors (Lipinski definition) is 3. The Bertz CT molecular complexity index is 685. The number of nitrogens with zero attached hydrogens (tertiary/aromatic N) is 3. The highest BCUT2D eigenvalue weighted by molar-refractivity contribution is 5.84. The van der Waals surface area contributed by atoms with E-state index < -0.39 is 6.10 Å². The number of hydrogen-bond donors (Lipinski definition) is 1. The number of aryl methyl sites for hydroxylation is 1. The fraction of sp³-hybridized carbons (Fsp3) is 0.143. The summed E-state index contributed by atoms with van der Waals surface area (Å²) in [6, 6.07) is 9.82. The van der Waals surface area contributed by atoms with Crippen molar-refractivity contribution < 1.29 is 5.11 Å². The second kappa shape index (κ2) is 4.23. The molecule has 18 heavy (non-hydrogen) atoms. The van der Waals surface area contributed by atoms with Gasteiger partial charge in [0.1, 0.15) is 5.82 Å². The summed E-state index contributed by atoms with van der Waals surface area (Å²) in [4.78, 5) is 8.47. The molecular weight excluding hydrogens is 226 g/mol. The SMILES string of the molecule is Cn1ccnc1C(O)c1nccc2ccccc12. The predicted molar refractivity (Wildman–Crippen MR) is 69.0 cm³/mol. The molecule has 4 heteroatoms. The quantitative estimate of drug-likeness (QED) is 0.744. The zero-order chi connectivity index (χ0) is 12.5. The molecule has 0 aliphatic rings. The first-order valence-corrected chi connectivity index (χ1v) is 5.76. The Balaban J connectivity index is 2.18. The van der Waals surface area contributed by atoms with Gasteiger partial charge in [0.2, 0.25) is 0 Å². The summed E-state index contributed by atoms with van der Waals surface area (Å²) < 4.78 is 1.80. The van der Waals surface area contributed by atoms with Crippen molar-refractivity contribution in [2.24, 2.45) is 7.05 Å². The van der Waals surface area contributed by atoms with Gasteiger partial charge in [-0.2, -0.15) is 0 Å². The van der Waals surface area contributed by atoms with E-state index in [1.165, 1.54) is 0 Å². The summed E-state index contributed by atoms with van der Waals surface area (Å²) in [6.45, 7) is 0. The average Bonchev–Trinajstić information content (AvgIpc) is 2.83. The number of imidazole rings is 1. The molecule has 2 aromatic heterocycles. The van der Waals surface area contributed by atoms with Crippen LogP contribution in [0.1, 0.15) is 17.6 Å². The van der Waals surface area contributed by atoms with Gasteiger partial charge in [-0.1, -0.05) is 24.3 Å². The van der Waals surface area contributed by atoms with Crippen molar-refractivity contribution in [1.82, 2.24) is 14.5 Å². The van der Waals surface area contributed by atoms with E-state index in [1.807, 2.05) is 43.6 Å². The Morgan fingerprint density at radius 3 is 2.72 bits per heavy atom. The molecular formula is C14H13N3O. The van der Waals surface area contributed by atoms with Gasteiger partial charge in [-0.3, -0.25) is 4.98 Å². The normalized spacial score (nSPS) is 12.8. The van der Waals surface area contributed by atoms with Crippen LogP contribution in [0.3, 0.4) is 0 Å². The minimum Gasteiger partial charge on any atom is -0.379 e. The molecule has 0 saturated heterocycles. The van der Waals surface area contributed by atoms with Crippen LogP contribution in [-0.2, 0) is 7.05 Å². The summed E-state index contributed by atoms with van der Waals surface area (Å²) in [5, 5.41) is 12.4. The monoisotopic (exact) mass is 239 g/mol. The minimum atomic E-state index is -0.809. The number of pyridine rings is 1. The van der Waals surface area contributed by atoms with Crippen LogP contribution in [0, 0.1) is 0 Å². The summed E-state index contributed by atoms with van der Waals surface area (Å²) in [5.41, 5.74) is 0.641. The highest BCUT2D eigenvalue weighted by atomic mass is 16.3. The van der Waals surface area contributed by atoms with Gasteiger partial charge in [0.05, 0.1) is 5.69 Å². The Morgan fingerprint density at radius 2 is 1.94 bits per heavy atom. The fourth-order valence-corrected chi connectivity index (χ4v) is 2.12. The molecule has 1 N–H and O–H groups in total. The van der Waals surface area contributed by atoms with E-state index in [2.05, 4.69) is 9.97 Å². The molecule has 0 spiro atoms. The predicted octanol–water partition coefficient (Wildman–Crippen LogP) is 2.05. The van der Waals surface area contributed by atoms with Gasteiger partial charge >= 0.3 is 0 Å². The van der Waals surface area contributed by atoms with Crippen molar-refractivity contribution in [3.63, 3.8) is 0 Å². The molecule has 0 fully saturated rings. The number of aliphatic hydroxyl groups excluding tert-OH is 1. The number of aliphatic hydroxyl groups is 1. The van der Waals surface area contributed by atoms with Gasteiger partial charge in [-0.25, -0.2) is 4.98 Å². The number of fused-ring (bicyclic) bond motifs is 1. The van der Waals surface area contributed by atoms with Crippen LogP contribution < -0.4 is 0 Å². The van der Waals surface area contributed by atoms with Gasteiger partial charge in [-0.05, 0) is 11.5 Å². The molecule has 0 amide bonds. The summed E-state index contributed by atoms with van der Waals surface area (Å²) in [6.07, 6.45) is 4.38. The van der Waals surface area contributed by atoms with Crippen LogP contribution in [0.25, 0.3) is 10.8 Å². The van der Waals surface area contributed by atoms with E-state index in [0.717, 1.165) is 10.8 Å². The number of benzene rings is 1. The third-order valence-electron chi connectivity index (χ3n) is 3.07. The topological polar surface area (TPSA) is 50.9 Å². The molecule has 1 unspecified atom stereocenters. The number of aromatic nitrogens is 3. The molecule has 0 aliphatic carbocycles. The van der Waals surface area contributed by atoms with E-state index in [0.29, 0.717) is 11.5 Å². The standard InChI is InChI=1S/C14H13N3O/c1-17-9-8-16-14(17)13(18)12-11-5-3-2-4-10(11)6-7-15-12/h2-9,13,18H,1H3. The second-order valence-electron chi connectivity index (χ2n) is 4.22. The molecule has 3 aromatic rings. The molecule has 0 aliphatic heterocycles. The van der Waals surface area contributed by atoms with E-state index in [4.69, 9.17) is 0 Å². The van der Waals surface area contributed by atoms with E-state index in [1.54, 1.807) is 17.0 Å². The smallest absolute Gasteiger partial charge is 0.154 e. The van der Waals surface area contributed by atoms with Crippen molar-refractivity contribution in [1.29, 1.82) is 0 Å². The van der Waals surface area contributed by atoms with Crippen molar-refractivity contribution >= 4 is 10.8 Å². The van der Waals surface area contributed by atoms with Crippen molar-refractivity contribution in [2.75, 3.05) is 0 Å². The molecule has 90 valence electrons. The lowest BCUT2D eigenvalue weighted by atomic mass is 10.1. The fourth-order valence-electron chi connectivity index (χ4n) is 2.12.